The summed E-state index contributed by atoms with van der Waals surface area (Å²) in [4.78, 5) is 4.33. The highest BCUT2D eigenvalue weighted by molar-refractivity contribution is 5.43. The normalized spacial score (nSPS) is 15.8. The molecule has 112 valence electrons. The van der Waals surface area contributed by atoms with Gasteiger partial charge in [-0.25, -0.2) is 0 Å². The van der Waals surface area contributed by atoms with Crippen LogP contribution in [-0.2, 0) is 6.61 Å². The number of methoxy groups -OCH3 is 1. The van der Waals surface area contributed by atoms with Crippen molar-refractivity contribution in [2.75, 3.05) is 7.11 Å². The van der Waals surface area contributed by atoms with E-state index >= 15 is 0 Å². The fourth-order valence-electron chi connectivity index (χ4n) is 2.06. The van der Waals surface area contributed by atoms with Crippen molar-refractivity contribution in [3.05, 3.63) is 35.5 Å². The first-order chi connectivity index (χ1) is 10.2. The Hall–Kier alpha value is -2.08. The van der Waals surface area contributed by atoms with Gasteiger partial charge in [-0.05, 0) is 37.5 Å². The molecule has 0 spiro atoms. The Balaban J connectivity index is 1.68. The van der Waals surface area contributed by atoms with Gasteiger partial charge in [-0.1, -0.05) is 11.2 Å². The van der Waals surface area contributed by atoms with Crippen molar-refractivity contribution in [1.29, 1.82) is 0 Å². The van der Waals surface area contributed by atoms with Crippen molar-refractivity contribution >= 4 is 0 Å². The van der Waals surface area contributed by atoms with Gasteiger partial charge in [0.1, 0.15) is 0 Å². The van der Waals surface area contributed by atoms with Gasteiger partial charge in [-0.3, -0.25) is 0 Å². The second-order valence-electron chi connectivity index (χ2n) is 5.31. The van der Waals surface area contributed by atoms with Gasteiger partial charge in [0.2, 0.25) is 0 Å². The molecule has 1 atom stereocenters. The molecule has 0 radical (unpaired) electrons. The Morgan fingerprint density at radius 3 is 2.86 bits per heavy atom. The van der Waals surface area contributed by atoms with Crippen LogP contribution in [0.2, 0.25) is 0 Å². The van der Waals surface area contributed by atoms with E-state index in [2.05, 4.69) is 10.1 Å². The first-order valence-corrected chi connectivity index (χ1v) is 7.06. The molecule has 21 heavy (non-hydrogen) atoms. The predicted octanol–water partition coefficient (Wildman–Crippen LogP) is 2.55. The third-order valence-electron chi connectivity index (χ3n) is 3.49. The van der Waals surface area contributed by atoms with Crippen molar-refractivity contribution in [2.45, 2.75) is 38.3 Å². The van der Waals surface area contributed by atoms with Crippen LogP contribution in [0.5, 0.6) is 11.5 Å². The Kier molecular flexibility index (Phi) is 3.79. The minimum Gasteiger partial charge on any atom is -0.493 e. The standard InChI is InChI=1S/C15H19N3O3/c1-9(16)11-5-6-12(13(7-11)19-2)20-8-14-17-15(18-21-14)10-3-4-10/h5-7,9-10H,3-4,8,16H2,1-2H3/t9-/m0/s1. The van der Waals surface area contributed by atoms with E-state index in [0.29, 0.717) is 23.3 Å². The van der Waals surface area contributed by atoms with E-state index in [9.17, 15) is 0 Å². The lowest BCUT2D eigenvalue weighted by atomic mass is 10.1. The second-order valence-corrected chi connectivity index (χ2v) is 5.31. The third-order valence-corrected chi connectivity index (χ3v) is 3.49. The fourth-order valence-corrected chi connectivity index (χ4v) is 2.06. The van der Waals surface area contributed by atoms with E-state index < -0.39 is 0 Å². The molecular formula is C15H19N3O3. The van der Waals surface area contributed by atoms with E-state index in [1.165, 1.54) is 0 Å². The van der Waals surface area contributed by atoms with Gasteiger partial charge >= 0.3 is 0 Å². The van der Waals surface area contributed by atoms with Crippen LogP contribution in [0.3, 0.4) is 0 Å². The molecule has 0 bridgehead atoms. The lowest BCUT2D eigenvalue weighted by Crippen LogP contribution is -2.06. The molecule has 0 unspecified atom stereocenters. The SMILES string of the molecule is COc1cc([C@H](C)N)ccc1OCc1nc(C2CC2)no1. The Labute approximate surface area is 123 Å². The van der Waals surface area contributed by atoms with E-state index in [0.717, 1.165) is 24.2 Å². The van der Waals surface area contributed by atoms with Crippen LogP contribution in [0.4, 0.5) is 0 Å². The number of hydrogen-bond acceptors (Lipinski definition) is 6. The molecule has 0 saturated heterocycles. The summed E-state index contributed by atoms with van der Waals surface area (Å²) in [5.41, 5.74) is 6.85. The fraction of sp³-hybridized carbons (Fsp3) is 0.467. The van der Waals surface area contributed by atoms with Crippen molar-refractivity contribution in [3.63, 3.8) is 0 Å². The highest BCUT2D eigenvalue weighted by atomic mass is 16.5. The van der Waals surface area contributed by atoms with Crippen LogP contribution >= 0.6 is 0 Å². The molecule has 2 aromatic rings. The molecule has 1 fully saturated rings. The first kappa shape index (κ1) is 13.9. The zero-order valence-corrected chi connectivity index (χ0v) is 12.2. The highest BCUT2D eigenvalue weighted by Gasteiger charge is 2.28. The Morgan fingerprint density at radius 1 is 1.38 bits per heavy atom. The maximum Gasteiger partial charge on any atom is 0.264 e. The van der Waals surface area contributed by atoms with Crippen LogP contribution in [0.1, 0.15) is 49.0 Å². The lowest BCUT2D eigenvalue weighted by molar-refractivity contribution is 0.233. The zero-order chi connectivity index (χ0) is 14.8. The number of aromatic nitrogens is 2. The number of rotatable bonds is 6. The topological polar surface area (TPSA) is 83.4 Å². The van der Waals surface area contributed by atoms with Gasteiger partial charge in [0.15, 0.2) is 23.9 Å². The van der Waals surface area contributed by atoms with E-state index in [-0.39, 0.29) is 12.6 Å². The number of nitrogens with zero attached hydrogens (tertiary/aromatic N) is 2. The highest BCUT2D eigenvalue weighted by Crippen LogP contribution is 2.38. The number of benzene rings is 1. The van der Waals surface area contributed by atoms with Crippen molar-refractivity contribution < 1.29 is 14.0 Å². The molecule has 1 aliphatic carbocycles. The molecule has 0 amide bonds. The molecule has 3 rings (SSSR count). The summed E-state index contributed by atoms with van der Waals surface area (Å²) >= 11 is 0. The summed E-state index contributed by atoms with van der Waals surface area (Å²) in [6.07, 6.45) is 2.29. The van der Waals surface area contributed by atoms with Crippen molar-refractivity contribution in [3.8, 4) is 11.5 Å². The number of hydrogen-bond donors (Lipinski definition) is 1. The lowest BCUT2D eigenvalue weighted by Gasteiger charge is -2.12. The van der Waals surface area contributed by atoms with Crippen LogP contribution < -0.4 is 15.2 Å². The summed E-state index contributed by atoms with van der Waals surface area (Å²) in [7, 11) is 1.60. The number of ether oxygens (including phenoxy) is 2. The molecule has 0 aliphatic heterocycles. The molecule has 1 heterocycles. The monoisotopic (exact) mass is 289 g/mol. The quantitative estimate of drug-likeness (QED) is 0.880. The molecular weight excluding hydrogens is 270 g/mol. The third kappa shape index (κ3) is 3.16. The first-order valence-electron chi connectivity index (χ1n) is 7.06. The van der Waals surface area contributed by atoms with Gasteiger partial charge in [-0.2, -0.15) is 4.98 Å². The Morgan fingerprint density at radius 2 is 2.19 bits per heavy atom. The second kappa shape index (κ2) is 5.73. The zero-order valence-electron chi connectivity index (χ0n) is 12.2. The maximum atomic E-state index is 5.86. The summed E-state index contributed by atoms with van der Waals surface area (Å²) < 4.78 is 16.2. The molecule has 2 N–H and O–H groups in total. The summed E-state index contributed by atoms with van der Waals surface area (Å²) in [5.74, 6) is 3.02. The molecule has 1 aromatic heterocycles. The minimum atomic E-state index is -0.0509. The average Bonchev–Trinajstić information content (AvgIpc) is 3.24. The summed E-state index contributed by atoms with van der Waals surface area (Å²) in [5, 5.41) is 3.96. The van der Waals surface area contributed by atoms with Crippen LogP contribution in [0.25, 0.3) is 0 Å². The Bertz CT molecular complexity index is 620. The molecule has 6 nitrogen and oxygen atoms in total. The van der Waals surface area contributed by atoms with Gasteiger partial charge in [-0.15, -0.1) is 0 Å². The predicted molar refractivity (Wildman–Crippen MR) is 76.2 cm³/mol. The van der Waals surface area contributed by atoms with Crippen LogP contribution in [-0.4, -0.2) is 17.3 Å². The van der Waals surface area contributed by atoms with Crippen LogP contribution in [0.15, 0.2) is 22.7 Å². The van der Waals surface area contributed by atoms with E-state index in [1.807, 2.05) is 25.1 Å². The largest absolute Gasteiger partial charge is 0.493 e. The number of nitrogens with two attached hydrogens (primary N) is 1. The van der Waals surface area contributed by atoms with Gasteiger partial charge in [0, 0.05) is 12.0 Å². The summed E-state index contributed by atoms with van der Waals surface area (Å²) in [6, 6.07) is 5.59. The van der Waals surface area contributed by atoms with Gasteiger partial charge in [0.05, 0.1) is 7.11 Å². The van der Waals surface area contributed by atoms with Crippen molar-refractivity contribution in [1.82, 2.24) is 10.1 Å². The van der Waals surface area contributed by atoms with Crippen LogP contribution in [0, 0.1) is 0 Å². The maximum absolute atomic E-state index is 5.86. The molecule has 6 heteroatoms. The average molecular weight is 289 g/mol. The van der Waals surface area contributed by atoms with E-state index in [1.54, 1.807) is 7.11 Å². The van der Waals surface area contributed by atoms with Crippen molar-refractivity contribution in [2.24, 2.45) is 5.73 Å². The van der Waals surface area contributed by atoms with Gasteiger partial charge < -0.3 is 19.7 Å². The van der Waals surface area contributed by atoms with E-state index in [4.69, 9.17) is 19.7 Å². The minimum absolute atomic E-state index is 0.0509. The smallest absolute Gasteiger partial charge is 0.264 e. The molecule has 1 saturated carbocycles. The molecule has 1 aromatic carbocycles. The molecule has 1 aliphatic rings. The summed E-state index contributed by atoms with van der Waals surface area (Å²) in [6.45, 7) is 2.15. The van der Waals surface area contributed by atoms with Gasteiger partial charge in [0.25, 0.3) is 5.89 Å².